The Hall–Kier alpha value is -1.06. The van der Waals surface area contributed by atoms with Gasteiger partial charge < -0.3 is 24.8 Å². The molecule has 1 saturated heterocycles. The standard InChI is InChI=1S/C19H31N3O3.HI/c1-16(25-18-7-4-3-5-8-18)13-22-19(20-2)21-10-6-11-23-14-17-9-12-24-15-17;/h3-5,7-8,16-17H,6,9-15H2,1-2H3,(H2,20,21,22);1H. The predicted molar refractivity (Wildman–Crippen MR) is 116 cm³/mol. The maximum absolute atomic E-state index is 5.84. The summed E-state index contributed by atoms with van der Waals surface area (Å²) in [6, 6.07) is 9.84. The summed E-state index contributed by atoms with van der Waals surface area (Å²) in [5.41, 5.74) is 0. The van der Waals surface area contributed by atoms with Gasteiger partial charge in [-0.2, -0.15) is 0 Å². The van der Waals surface area contributed by atoms with Crippen LogP contribution in [0.15, 0.2) is 35.3 Å². The number of nitrogens with one attached hydrogen (secondary N) is 2. The zero-order valence-electron chi connectivity index (χ0n) is 15.8. The van der Waals surface area contributed by atoms with Gasteiger partial charge in [0.05, 0.1) is 19.8 Å². The van der Waals surface area contributed by atoms with Gasteiger partial charge in [-0.25, -0.2) is 0 Å². The molecule has 148 valence electrons. The van der Waals surface area contributed by atoms with Crippen molar-refractivity contribution >= 4 is 29.9 Å². The normalized spacial score (nSPS) is 18.1. The zero-order chi connectivity index (χ0) is 17.7. The van der Waals surface area contributed by atoms with Crippen molar-refractivity contribution in [2.24, 2.45) is 10.9 Å². The van der Waals surface area contributed by atoms with Gasteiger partial charge in [0.1, 0.15) is 11.9 Å². The van der Waals surface area contributed by atoms with Crippen LogP contribution in [0.2, 0.25) is 0 Å². The molecule has 0 amide bonds. The maximum atomic E-state index is 5.84. The molecule has 2 rings (SSSR count). The van der Waals surface area contributed by atoms with Crippen molar-refractivity contribution in [2.75, 3.05) is 46.6 Å². The number of nitrogens with zero attached hydrogens (tertiary/aromatic N) is 1. The van der Waals surface area contributed by atoms with E-state index < -0.39 is 0 Å². The summed E-state index contributed by atoms with van der Waals surface area (Å²) in [5, 5.41) is 6.58. The van der Waals surface area contributed by atoms with Crippen LogP contribution in [0.5, 0.6) is 5.75 Å². The van der Waals surface area contributed by atoms with Crippen LogP contribution in [0.4, 0.5) is 0 Å². The van der Waals surface area contributed by atoms with E-state index in [2.05, 4.69) is 15.6 Å². The Kier molecular flexibility index (Phi) is 12.4. The molecule has 1 aliphatic heterocycles. The zero-order valence-corrected chi connectivity index (χ0v) is 18.1. The summed E-state index contributed by atoms with van der Waals surface area (Å²) in [6.45, 7) is 6.84. The van der Waals surface area contributed by atoms with E-state index >= 15 is 0 Å². The van der Waals surface area contributed by atoms with Crippen molar-refractivity contribution in [3.63, 3.8) is 0 Å². The molecule has 1 heterocycles. The Morgan fingerprint density at radius 2 is 2.12 bits per heavy atom. The Bertz CT molecular complexity index is 496. The average molecular weight is 477 g/mol. The highest BCUT2D eigenvalue weighted by Gasteiger charge is 2.15. The highest BCUT2D eigenvalue weighted by molar-refractivity contribution is 14.0. The van der Waals surface area contributed by atoms with Gasteiger partial charge in [-0.15, -0.1) is 24.0 Å². The molecule has 2 unspecified atom stereocenters. The van der Waals surface area contributed by atoms with Crippen molar-refractivity contribution < 1.29 is 14.2 Å². The van der Waals surface area contributed by atoms with Crippen LogP contribution in [0.25, 0.3) is 0 Å². The lowest BCUT2D eigenvalue weighted by atomic mass is 10.1. The maximum Gasteiger partial charge on any atom is 0.191 e. The third-order valence-electron chi connectivity index (χ3n) is 4.00. The summed E-state index contributed by atoms with van der Waals surface area (Å²) in [6.07, 6.45) is 2.13. The average Bonchev–Trinajstić information content (AvgIpc) is 3.15. The van der Waals surface area contributed by atoms with Gasteiger partial charge in [-0.3, -0.25) is 4.99 Å². The molecule has 0 radical (unpaired) electrons. The highest BCUT2D eigenvalue weighted by Crippen LogP contribution is 2.12. The molecule has 0 aliphatic carbocycles. The van der Waals surface area contributed by atoms with E-state index in [4.69, 9.17) is 14.2 Å². The van der Waals surface area contributed by atoms with Gasteiger partial charge >= 0.3 is 0 Å². The molecule has 1 aromatic carbocycles. The molecule has 2 N–H and O–H groups in total. The number of ether oxygens (including phenoxy) is 3. The Balaban J connectivity index is 0.00000338. The number of rotatable bonds is 10. The van der Waals surface area contributed by atoms with E-state index in [1.165, 1.54) is 0 Å². The smallest absolute Gasteiger partial charge is 0.191 e. The number of hydrogen-bond donors (Lipinski definition) is 2. The van der Waals surface area contributed by atoms with Gasteiger partial charge in [0.2, 0.25) is 0 Å². The molecule has 1 aliphatic rings. The fourth-order valence-corrected chi connectivity index (χ4v) is 2.58. The van der Waals surface area contributed by atoms with Crippen LogP contribution in [0.1, 0.15) is 19.8 Å². The Morgan fingerprint density at radius 3 is 2.81 bits per heavy atom. The molecule has 7 heteroatoms. The molecule has 26 heavy (non-hydrogen) atoms. The van der Waals surface area contributed by atoms with E-state index in [0.29, 0.717) is 12.5 Å². The van der Waals surface area contributed by atoms with Crippen LogP contribution in [0, 0.1) is 5.92 Å². The van der Waals surface area contributed by atoms with Gasteiger partial charge in [-0.05, 0) is 31.9 Å². The van der Waals surface area contributed by atoms with Crippen LogP contribution in [-0.4, -0.2) is 58.6 Å². The molecule has 1 fully saturated rings. The molecule has 1 aromatic rings. The van der Waals surface area contributed by atoms with Crippen LogP contribution >= 0.6 is 24.0 Å². The third-order valence-corrected chi connectivity index (χ3v) is 4.00. The second kappa shape index (κ2) is 14.1. The minimum absolute atomic E-state index is 0. The summed E-state index contributed by atoms with van der Waals surface area (Å²) in [7, 11) is 1.77. The van der Waals surface area contributed by atoms with Gasteiger partial charge in [0.15, 0.2) is 5.96 Å². The Morgan fingerprint density at radius 1 is 1.31 bits per heavy atom. The second-order valence-electron chi connectivity index (χ2n) is 6.28. The summed E-state index contributed by atoms with van der Waals surface area (Å²) < 4.78 is 16.9. The first kappa shape index (κ1) is 23.0. The van der Waals surface area contributed by atoms with E-state index in [9.17, 15) is 0 Å². The lowest BCUT2D eigenvalue weighted by Crippen LogP contribution is -2.42. The number of benzene rings is 1. The molecular formula is C19H32IN3O3. The molecule has 0 saturated carbocycles. The number of guanidine groups is 1. The SMILES string of the molecule is CN=C(NCCCOCC1CCOC1)NCC(C)Oc1ccccc1.I. The van der Waals surface area contributed by atoms with Crippen molar-refractivity contribution in [3.8, 4) is 5.75 Å². The third kappa shape index (κ3) is 9.59. The largest absolute Gasteiger partial charge is 0.489 e. The van der Waals surface area contributed by atoms with E-state index in [0.717, 1.165) is 57.5 Å². The molecule has 0 aromatic heterocycles. The Labute approximate surface area is 174 Å². The number of aliphatic imine (C=N–C) groups is 1. The number of para-hydroxylation sites is 1. The van der Waals surface area contributed by atoms with Crippen molar-refractivity contribution in [1.82, 2.24) is 10.6 Å². The molecule has 0 bridgehead atoms. The quantitative estimate of drug-likeness (QED) is 0.235. The minimum atomic E-state index is 0. The van der Waals surface area contributed by atoms with E-state index in [-0.39, 0.29) is 30.1 Å². The molecule has 2 atom stereocenters. The monoisotopic (exact) mass is 477 g/mol. The van der Waals surface area contributed by atoms with Crippen LogP contribution < -0.4 is 15.4 Å². The van der Waals surface area contributed by atoms with Gasteiger partial charge in [-0.1, -0.05) is 18.2 Å². The summed E-state index contributed by atoms with van der Waals surface area (Å²) >= 11 is 0. The van der Waals surface area contributed by atoms with Crippen molar-refractivity contribution in [1.29, 1.82) is 0 Å². The predicted octanol–water partition coefficient (Wildman–Crippen LogP) is 2.68. The van der Waals surface area contributed by atoms with E-state index in [1.807, 2.05) is 37.3 Å². The minimum Gasteiger partial charge on any atom is -0.489 e. The van der Waals surface area contributed by atoms with Gasteiger partial charge in [0, 0.05) is 32.7 Å². The molecular weight excluding hydrogens is 445 g/mol. The second-order valence-corrected chi connectivity index (χ2v) is 6.28. The van der Waals surface area contributed by atoms with Gasteiger partial charge in [0.25, 0.3) is 0 Å². The fraction of sp³-hybridized carbons (Fsp3) is 0.632. The number of halogens is 1. The summed E-state index contributed by atoms with van der Waals surface area (Å²) in [5.74, 6) is 2.24. The highest BCUT2D eigenvalue weighted by atomic mass is 127. The van der Waals surface area contributed by atoms with Crippen molar-refractivity contribution in [3.05, 3.63) is 30.3 Å². The first-order chi connectivity index (χ1) is 12.3. The summed E-state index contributed by atoms with van der Waals surface area (Å²) in [4.78, 5) is 4.23. The first-order valence-electron chi connectivity index (χ1n) is 9.09. The van der Waals surface area contributed by atoms with Crippen molar-refractivity contribution in [2.45, 2.75) is 25.9 Å². The lowest BCUT2D eigenvalue weighted by Gasteiger charge is -2.17. The van der Waals surface area contributed by atoms with E-state index in [1.54, 1.807) is 7.05 Å². The lowest BCUT2D eigenvalue weighted by molar-refractivity contribution is 0.0888. The molecule has 6 nitrogen and oxygen atoms in total. The molecule has 0 spiro atoms. The first-order valence-corrected chi connectivity index (χ1v) is 9.09. The van der Waals surface area contributed by atoms with Crippen LogP contribution in [-0.2, 0) is 9.47 Å². The topological polar surface area (TPSA) is 64.1 Å². The number of hydrogen-bond acceptors (Lipinski definition) is 4. The van der Waals surface area contributed by atoms with Crippen LogP contribution in [0.3, 0.4) is 0 Å². The fourth-order valence-electron chi connectivity index (χ4n) is 2.58.